The van der Waals surface area contributed by atoms with Gasteiger partial charge in [-0.05, 0) is 25.2 Å². The van der Waals surface area contributed by atoms with Crippen molar-refractivity contribution in [2.75, 3.05) is 0 Å². The Bertz CT molecular complexity index is 101. The van der Waals surface area contributed by atoms with Crippen molar-refractivity contribution in [3.8, 4) is 0 Å². The summed E-state index contributed by atoms with van der Waals surface area (Å²) in [6.45, 7) is 2.05. The van der Waals surface area contributed by atoms with Crippen molar-refractivity contribution in [3.05, 3.63) is 0 Å². The van der Waals surface area contributed by atoms with Crippen LogP contribution in [0.4, 0.5) is 4.39 Å². The predicted octanol–water partition coefficient (Wildman–Crippen LogP) is 3.10. The lowest BCUT2D eigenvalue weighted by Crippen LogP contribution is -2.23. The Morgan fingerprint density at radius 1 is 1.67 bits per heavy atom. The van der Waals surface area contributed by atoms with Crippen LogP contribution >= 0.6 is 11.6 Å². The minimum absolute atomic E-state index is 0.473. The van der Waals surface area contributed by atoms with E-state index in [1.807, 2.05) is 0 Å². The second-order valence-electron chi connectivity index (χ2n) is 3.06. The summed E-state index contributed by atoms with van der Waals surface area (Å²) < 4.78 is 12.9. The van der Waals surface area contributed by atoms with E-state index in [4.69, 9.17) is 11.6 Å². The van der Waals surface area contributed by atoms with E-state index in [-0.39, 0.29) is 0 Å². The van der Waals surface area contributed by atoms with Crippen LogP contribution in [0.3, 0.4) is 0 Å². The van der Waals surface area contributed by atoms with Gasteiger partial charge in [-0.25, -0.2) is 4.39 Å². The van der Waals surface area contributed by atoms with Gasteiger partial charge in [0.1, 0.15) is 0 Å². The molecule has 0 spiro atoms. The van der Waals surface area contributed by atoms with Gasteiger partial charge in [0.05, 0.1) is 0 Å². The molecule has 0 aliphatic heterocycles. The van der Waals surface area contributed by atoms with E-state index >= 15 is 0 Å². The minimum Gasteiger partial charge on any atom is -0.226 e. The summed E-state index contributed by atoms with van der Waals surface area (Å²) in [5.41, 5.74) is 0. The van der Waals surface area contributed by atoms with Crippen molar-refractivity contribution in [1.82, 2.24) is 0 Å². The molecule has 0 nitrogen and oxygen atoms in total. The Morgan fingerprint density at radius 3 is 2.67 bits per heavy atom. The molecule has 1 saturated carbocycles. The van der Waals surface area contributed by atoms with Crippen molar-refractivity contribution < 1.29 is 4.39 Å². The molecule has 0 heterocycles. The molecule has 0 bridgehead atoms. The van der Waals surface area contributed by atoms with Gasteiger partial charge in [-0.3, -0.25) is 0 Å². The predicted molar refractivity (Wildman–Crippen MR) is 37.3 cm³/mol. The summed E-state index contributed by atoms with van der Waals surface area (Å²) in [6, 6.07) is 0. The third-order valence-electron chi connectivity index (χ3n) is 1.89. The largest absolute Gasteiger partial charge is 0.226 e. The fourth-order valence-corrected chi connectivity index (χ4v) is 1.82. The van der Waals surface area contributed by atoms with Crippen LogP contribution in [0.1, 0.15) is 32.6 Å². The molecule has 2 atom stereocenters. The van der Waals surface area contributed by atoms with Gasteiger partial charge in [0.25, 0.3) is 0 Å². The van der Waals surface area contributed by atoms with Gasteiger partial charge in [-0.15, -0.1) is 0 Å². The number of halogens is 2. The molecule has 0 unspecified atom stereocenters. The zero-order valence-corrected chi connectivity index (χ0v) is 6.42. The minimum atomic E-state index is -1.38. The highest BCUT2D eigenvalue weighted by atomic mass is 35.5. The maximum atomic E-state index is 12.9. The first-order chi connectivity index (χ1) is 4.10. The molecule has 1 rings (SSSR count). The second kappa shape index (κ2) is 2.45. The molecular weight excluding hydrogens is 139 g/mol. The SMILES string of the molecule is C[C@@H]1CCC[C@](F)(Cl)C1. The maximum absolute atomic E-state index is 12.9. The number of rotatable bonds is 0. The van der Waals surface area contributed by atoms with Gasteiger partial charge in [-0.2, -0.15) is 0 Å². The Kier molecular flexibility index (Phi) is 2.00. The van der Waals surface area contributed by atoms with Crippen LogP contribution in [0.15, 0.2) is 0 Å². The highest BCUT2D eigenvalue weighted by Gasteiger charge is 2.31. The fraction of sp³-hybridized carbons (Fsp3) is 1.00. The summed E-state index contributed by atoms with van der Waals surface area (Å²) >= 11 is 5.50. The molecule has 54 valence electrons. The zero-order valence-electron chi connectivity index (χ0n) is 5.66. The Hall–Kier alpha value is 0.220. The van der Waals surface area contributed by atoms with Gasteiger partial charge in [0.2, 0.25) is 0 Å². The van der Waals surface area contributed by atoms with E-state index in [1.54, 1.807) is 0 Å². The van der Waals surface area contributed by atoms with Gasteiger partial charge in [0, 0.05) is 0 Å². The van der Waals surface area contributed by atoms with E-state index < -0.39 is 5.13 Å². The highest BCUT2D eigenvalue weighted by molar-refractivity contribution is 6.22. The summed E-state index contributed by atoms with van der Waals surface area (Å²) in [5, 5.41) is -1.38. The highest BCUT2D eigenvalue weighted by Crippen LogP contribution is 2.37. The summed E-state index contributed by atoms with van der Waals surface area (Å²) in [5.74, 6) is 0.473. The zero-order chi connectivity index (χ0) is 6.91. The van der Waals surface area contributed by atoms with Crippen LogP contribution in [0.25, 0.3) is 0 Å². The number of hydrogen-bond acceptors (Lipinski definition) is 0. The molecule has 0 aromatic rings. The second-order valence-corrected chi connectivity index (χ2v) is 3.73. The quantitative estimate of drug-likeness (QED) is 0.466. The Balaban J connectivity index is 2.41. The molecule has 1 aliphatic carbocycles. The lowest BCUT2D eigenvalue weighted by atomic mass is 9.89. The van der Waals surface area contributed by atoms with Crippen LogP contribution in [0.2, 0.25) is 0 Å². The maximum Gasteiger partial charge on any atom is 0.183 e. The van der Waals surface area contributed by atoms with Crippen LogP contribution in [0, 0.1) is 5.92 Å². The average molecular weight is 151 g/mol. The first kappa shape index (κ1) is 7.33. The average Bonchev–Trinajstić information content (AvgIpc) is 1.60. The lowest BCUT2D eigenvalue weighted by molar-refractivity contribution is 0.166. The monoisotopic (exact) mass is 150 g/mol. The summed E-state index contributed by atoms with van der Waals surface area (Å²) in [7, 11) is 0. The number of alkyl halides is 2. The molecule has 2 heteroatoms. The number of hydrogen-bond donors (Lipinski definition) is 0. The third kappa shape index (κ3) is 2.13. The first-order valence-electron chi connectivity index (χ1n) is 3.48. The van der Waals surface area contributed by atoms with Crippen LogP contribution in [-0.4, -0.2) is 5.13 Å². The molecular formula is C7H12ClF. The third-order valence-corrected chi connectivity index (χ3v) is 2.23. The summed E-state index contributed by atoms with van der Waals surface area (Å²) in [4.78, 5) is 0. The van der Waals surface area contributed by atoms with Crippen molar-refractivity contribution in [2.45, 2.75) is 37.7 Å². The van der Waals surface area contributed by atoms with E-state index in [0.717, 1.165) is 12.8 Å². The van der Waals surface area contributed by atoms with E-state index in [9.17, 15) is 4.39 Å². The van der Waals surface area contributed by atoms with E-state index in [0.29, 0.717) is 18.8 Å². The smallest absolute Gasteiger partial charge is 0.183 e. The van der Waals surface area contributed by atoms with Crippen LogP contribution in [0.5, 0.6) is 0 Å². The molecule has 1 fully saturated rings. The van der Waals surface area contributed by atoms with Crippen LogP contribution < -0.4 is 0 Å². The molecule has 0 N–H and O–H groups in total. The fourth-order valence-electron chi connectivity index (χ4n) is 1.42. The first-order valence-corrected chi connectivity index (χ1v) is 3.86. The van der Waals surface area contributed by atoms with Crippen molar-refractivity contribution >= 4 is 11.6 Å². The van der Waals surface area contributed by atoms with E-state index in [1.165, 1.54) is 0 Å². The van der Waals surface area contributed by atoms with Gasteiger partial charge in [-0.1, -0.05) is 24.9 Å². The van der Waals surface area contributed by atoms with Gasteiger partial charge < -0.3 is 0 Å². The van der Waals surface area contributed by atoms with Gasteiger partial charge >= 0.3 is 0 Å². The molecule has 0 saturated heterocycles. The van der Waals surface area contributed by atoms with Crippen molar-refractivity contribution in [2.24, 2.45) is 5.92 Å². The standard InChI is InChI=1S/C7H12ClF/c1-6-3-2-4-7(8,9)5-6/h6H,2-5H2,1H3/t6-,7-/m1/s1. The molecule has 0 amide bonds. The van der Waals surface area contributed by atoms with E-state index in [2.05, 4.69) is 6.92 Å². The molecule has 1 aliphatic rings. The molecule has 0 aromatic carbocycles. The Labute approximate surface area is 60.4 Å². The molecule has 0 aromatic heterocycles. The van der Waals surface area contributed by atoms with Gasteiger partial charge in [0.15, 0.2) is 5.13 Å². The topological polar surface area (TPSA) is 0 Å². The summed E-state index contributed by atoms with van der Waals surface area (Å²) in [6.07, 6.45) is 3.16. The molecule has 9 heavy (non-hydrogen) atoms. The lowest BCUT2D eigenvalue weighted by Gasteiger charge is -2.27. The van der Waals surface area contributed by atoms with Crippen LogP contribution in [-0.2, 0) is 0 Å². The molecule has 0 radical (unpaired) electrons. The normalized spacial score (nSPS) is 45.0. The Morgan fingerprint density at radius 2 is 2.33 bits per heavy atom. The van der Waals surface area contributed by atoms with Crippen molar-refractivity contribution in [1.29, 1.82) is 0 Å². The van der Waals surface area contributed by atoms with Crippen molar-refractivity contribution in [3.63, 3.8) is 0 Å².